The van der Waals surface area contributed by atoms with E-state index >= 15 is 0 Å². The highest BCUT2D eigenvalue weighted by molar-refractivity contribution is 7.10. The smallest absolute Gasteiger partial charge is 0.255 e. The lowest BCUT2D eigenvalue weighted by Gasteiger charge is -2.30. The maximum Gasteiger partial charge on any atom is 0.255 e. The minimum Gasteiger partial charge on any atom is -0.395 e. The molecule has 1 aromatic heterocycles. The fraction of sp³-hybridized carbons (Fsp3) is 0.688. The molecule has 20 heavy (non-hydrogen) atoms. The number of aryl methyl sites for hydroxylation is 1. The van der Waals surface area contributed by atoms with Crippen LogP contribution in [0.25, 0.3) is 0 Å². The predicted molar refractivity (Wildman–Crippen MR) is 83.5 cm³/mol. The van der Waals surface area contributed by atoms with Crippen LogP contribution in [0, 0.1) is 0 Å². The van der Waals surface area contributed by atoms with Gasteiger partial charge in [-0.15, -0.1) is 11.3 Å². The molecule has 1 aliphatic rings. The number of amides is 1. The van der Waals surface area contributed by atoms with Gasteiger partial charge in [0.15, 0.2) is 0 Å². The van der Waals surface area contributed by atoms with E-state index in [9.17, 15) is 9.90 Å². The summed E-state index contributed by atoms with van der Waals surface area (Å²) in [4.78, 5) is 16.1. The van der Waals surface area contributed by atoms with Crippen LogP contribution in [0.5, 0.6) is 0 Å². The van der Waals surface area contributed by atoms with E-state index in [0.29, 0.717) is 6.54 Å². The minimum absolute atomic E-state index is 0.0363. The van der Waals surface area contributed by atoms with E-state index in [1.165, 1.54) is 23.3 Å². The zero-order chi connectivity index (χ0) is 14.5. The molecular weight excluding hydrogens is 270 g/mol. The molecule has 3 nitrogen and oxygen atoms in total. The molecule has 0 unspecified atom stereocenters. The Morgan fingerprint density at radius 2 is 2.05 bits per heavy atom. The SMILES string of the molecule is CCC(CC)N(CCO)C(=O)c1csc2c1CCCC2. The van der Waals surface area contributed by atoms with Crippen molar-refractivity contribution in [2.24, 2.45) is 0 Å². The first kappa shape index (κ1) is 15.5. The molecule has 112 valence electrons. The second-order valence-corrected chi connectivity index (χ2v) is 6.41. The van der Waals surface area contributed by atoms with Gasteiger partial charge in [0.25, 0.3) is 5.91 Å². The first-order valence-corrected chi connectivity index (χ1v) is 8.61. The van der Waals surface area contributed by atoms with Crippen molar-refractivity contribution >= 4 is 17.2 Å². The highest BCUT2D eigenvalue weighted by atomic mass is 32.1. The summed E-state index contributed by atoms with van der Waals surface area (Å²) < 4.78 is 0. The van der Waals surface area contributed by atoms with Gasteiger partial charge in [-0.05, 0) is 44.1 Å². The molecule has 0 saturated carbocycles. The Morgan fingerprint density at radius 3 is 2.70 bits per heavy atom. The van der Waals surface area contributed by atoms with Gasteiger partial charge in [0.1, 0.15) is 0 Å². The molecule has 4 heteroatoms. The Morgan fingerprint density at radius 1 is 1.35 bits per heavy atom. The van der Waals surface area contributed by atoms with Crippen LogP contribution >= 0.6 is 11.3 Å². The largest absolute Gasteiger partial charge is 0.395 e. The summed E-state index contributed by atoms with van der Waals surface area (Å²) in [7, 11) is 0. The third kappa shape index (κ3) is 3.07. The molecule has 0 aromatic carbocycles. The Hall–Kier alpha value is -0.870. The summed E-state index contributed by atoms with van der Waals surface area (Å²) in [5.74, 6) is 0.118. The molecule has 0 aliphatic heterocycles. The summed E-state index contributed by atoms with van der Waals surface area (Å²) in [5.41, 5.74) is 2.17. The second-order valence-electron chi connectivity index (χ2n) is 5.45. The summed E-state index contributed by atoms with van der Waals surface area (Å²) >= 11 is 1.73. The number of fused-ring (bicyclic) bond motifs is 1. The Labute approximate surface area is 125 Å². The number of aliphatic hydroxyl groups excluding tert-OH is 1. The van der Waals surface area contributed by atoms with Crippen LogP contribution in [0.4, 0.5) is 0 Å². The fourth-order valence-corrected chi connectivity index (χ4v) is 4.23. The standard InChI is InChI=1S/C16H25NO2S/c1-3-12(4-2)17(9-10-18)16(19)14-11-20-15-8-6-5-7-13(14)15/h11-12,18H,3-10H2,1-2H3. The monoisotopic (exact) mass is 295 g/mol. The summed E-state index contributed by atoms with van der Waals surface area (Å²) in [6.45, 7) is 4.69. The lowest BCUT2D eigenvalue weighted by Crippen LogP contribution is -2.41. The number of carbonyl (C=O) groups is 1. The normalized spacial score (nSPS) is 14.4. The maximum atomic E-state index is 12.8. The van der Waals surface area contributed by atoms with Crippen molar-refractivity contribution in [2.75, 3.05) is 13.2 Å². The van der Waals surface area contributed by atoms with Crippen molar-refractivity contribution in [1.82, 2.24) is 4.90 Å². The summed E-state index contributed by atoms with van der Waals surface area (Å²) in [5, 5.41) is 11.3. The summed E-state index contributed by atoms with van der Waals surface area (Å²) in [6, 6.07) is 0.230. The molecule has 1 heterocycles. The Kier molecular flexibility index (Phi) is 5.61. The van der Waals surface area contributed by atoms with E-state index in [2.05, 4.69) is 13.8 Å². The number of hydrogen-bond acceptors (Lipinski definition) is 3. The van der Waals surface area contributed by atoms with Gasteiger partial charge in [0.2, 0.25) is 0 Å². The van der Waals surface area contributed by atoms with Gasteiger partial charge >= 0.3 is 0 Å². The highest BCUT2D eigenvalue weighted by Crippen LogP contribution is 2.31. The predicted octanol–water partition coefficient (Wildman–Crippen LogP) is 3.25. The molecule has 1 aromatic rings. The Balaban J connectivity index is 2.25. The van der Waals surface area contributed by atoms with E-state index in [1.54, 1.807) is 11.3 Å². The van der Waals surface area contributed by atoms with Crippen LogP contribution in [0.3, 0.4) is 0 Å². The molecular formula is C16H25NO2S. The third-order valence-corrected chi connectivity index (χ3v) is 5.37. The number of hydrogen-bond donors (Lipinski definition) is 1. The number of rotatable bonds is 6. The van der Waals surface area contributed by atoms with Gasteiger partial charge in [-0.2, -0.15) is 0 Å². The van der Waals surface area contributed by atoms with Gasteiger partial charge in [-0.1, -0.05) is 13.8 Å². The van der Waals surface area contributed by atoms with Gasteiger partial charge in [-0.25, -0.2) is 0 Å². The summed E-state index contributed by atoms with van der Waals surface area (Å²) in [6.07, 6.45) is 6.47. The quantitative estimate of drug-likeness (QED) is 0.875. The first-order valence-electron chi connectivity index (χ1n) is 7.73. The number of thiophene rings is 1. The molecule has 0 spiro atoms. The van der Waals surface area contributed by atoms with Crippen LogP contribution in [0.2, 0.25) is 0 Å². The molecule has 0 fully saturated rings. The lowest BCUT2D eigenvalue weighted by atomic mass is 9.95. The molecule has 1 amide bonds. The van der Waals surface area contributed by atoms with Gasteiger partial charge in [0, 0.05) is 22.8 Å². The van der Waals surface area contributed by atoms with E-state index in [-0.39, 0.29) is 18.6 Å². The zero-order valence-electron chi connectivity index (χ0n) is 12.5. The van der Waals surface area contributed by atoms with Crippen molar-refractivity contribution in [3.05, 3.63) is 21.4 Å². The van der Waals surface area contributed by atoms with Gasteiger partial charge in [-0.3, -0.25) is 4.79 Å². The zero-order valence-corrected chi connectivity index (χ0v) is 13.3. The minimum atomic E-state index is 0.0363. The van der Waals surface area contributed by atoms with Crippen molar-refractivity contribution < 1.29 is 9.90 Å². The number of carbonyl (C=O) groups excluding carboxylic acids is 1. The third-order valence-electron chi connectivity index (χ3n) is 4.28. The molecule has 0 atom stereocenters. The second kappa shape index (κ2) is 7.23. The molecule has 1 aliphatic carbocycles. The van der Waals surface area contributed by atoms with Crippen LogP contribution in [0.1, 0.15) is 60.3 Å². The van der Waals surface area contributed by atoms with Crippen molar-refractivity contribution in [3.63, 3.8) is 0 Å². The van der Waals surface area contributed by atoms with Crippen molar-refractivity contribution in [1.29, 1.82) is 0 Å². The first-order chi connectivity index (χ1) is 9.72. The lowest BCUT2D eigenvalue weighted by molar-refractivity contribution is 0.0621. The Bertz CT molecular complexity index is 451. The van der Waals surface area contributed by atoms with Crippen LogP contribution in [0.15, 0.2) is 5.38 Å². The highest BCUT2D eigenvalue weighted by Gasteiger charge is 2.26. The van der Waals surface area contributed by atoms with E-state index < -0.39 is 0 Å². The van der Waals surface area contributed by atoms with E-state index in [1.807, 2.05) is 10.3 Å². The fourth-order valence-electron chi connectivity index (χ4n) is 3.12. The molecule has 0 saturated heterocycles. The molecule has 1 N–H and O–H groups in total. The van der Waals surface area contributed by atoms with Crippen molar-refractivity contribution in [2.45, 2.75) is 58.4 Å². The van der Waals surface area contributed by atoms with Gasteiger partial charge < -0.3 is 10.0 Å². The van der Waals surface area contributed by atoms with Crippen LogP contribution in [-0.4, -0.2) is 35.1 Å². The number of aliphatic hydroxyl groups is 1. The topological polar surface area (TPSA) is 40.5 Å². The average molecular weight is 295 g/mol. The molecule has 2 rings (SSSR count). The van der Waals surface area contributed by atoms with E-state index in [0.717, 1.165) is 31.2 Å². The van der Waals surface area contributed by atoms with Crippen LogP contribution < -0.4 is 0 Å². The molecule has 0 radical (unpaired) electrons. The molecule has 0 bridgehead atoms. The van der Waals surface area contributed by atoms with E-state index in [4.69, 9.17) is 0 Å². The van der Waals surface area contributed by atoms with Crippen LogP contribution in [-0.2, 0) is 12.8 Å². The maximum absolute atomic E-state index is 12.8. The number of nitrogens with zero attached hydrogens (tertiary/aromatic N) is 1. The van der Waals surface area contributed by atoms with Crippen molar-refractivity contribution in [3.8, 4) is 0 Å². The van der Waals surface area contributed by atoms with Gasteiger partial charge in [0.05, 0.1) is 12.2 Å². The average Bonchev–Trinajstić information content (AvgIpc) is 2.91.